The molecule has 1 saturated heterocycles. The van der Waals surface area contributed by atoms with E-state index in [4.69, 9.17) is 11.6 Å². The van der Waals surface area contributed by atoms with Crippen LogP contribution < -0.4 is 9.80 Å². The van der Waals surface area contributed by atoms with E-state index in [0.717, 1.165) is 5.69 Å². The van der Waals surface area contributed by atoms with Crippen molar-refractivity contribution in [1.82, 2.24) is 4.90 Å². The van der Waals surface area contributed by atoms with Gasteiger partial charge >= 0.3 is 0 Å². The first kappa shape index (κ1) is 22.6. The maximum absolute atomic E-state index is 13.4. The second kappa shape index (κ2) is 9.24. The van der Waals surface area contributed by atoms with Crippen molar-refractivity contribution in [2.45, 2.75) is 16.7 Å². The maximum atomic E-state index is 13.4. The number of fused-ring (bicyclic) bond motifs is 2. The molecule has 2 heterocycles. The van der Waals surface area contributed by atoms with Crippen LogP contribution in [0.1, 0.15) is 27.6 Å². The van der Waals surface area contributed by atoms with Crippen molar-refractivity contribution >= 4 is 45.6 Å². The molecule has 0 radical (unpaired) electrons. The summed E-state index contributed by atoms with van der Waals surface area (Å²) in [6.45, 7) is 4.85. The van der Waals surface area contributed by atoms with Crippen molar-refractivity contribution < 1.29 is 13.8 Å². The summed E-state index contributed by atoms with van der Waals surface area (Å²) in [6.07, 6.45) is 0. The molecular weight excluding hydrogens is 470 g/mol. The predicted molar refractivity (Wildman–Crippen MR) is 134 cm³/mol. The van der Waals surface area contributed by atoms with E-state index in [2.05, 4.69) is 4.90 Å². The highest BCUT2D eigenvalue weighted by Gasteiger charge is 2.31. The Kier molecular flexibility index (Phi) is 6.15. The Labute approximate surface area is 206 Å². The second-order valence-electron chi connectivity index (χ2n) is 8.26. The SMILES string of the molecule is CCN1C(=O)c2ccccc2[S@@](=O)c2ccc(C(=O)N3CCN(c4cccc(Cl)c4)CC3)cc21. The topological polar surface area (TPSA) is 60.9 Å². The molecule has 0 aromatic heterocycles. The van der Waals surface area contributed by atoms with E-state index >= 15 is 0 Å². The molecule has 2 aliphatic rings. The van der Waals surface area contributed by atoms with E-state index < -0.39 is 10.8 Å². The van der Waals surface area contributed by atoms with Gasteiger partial charge in [0.2, 0.25) is 0 Å². The Morgan fingerprint density at radius 1 is 0.941 bits per heavy atom. The average molecular weight is 494 g/mol. The molecule has 6 nitrogen and oxygen atoms in total. The molecule has 2 amide bonds. The number of nitrogens with zero attached hydrogens (tertiary/aromatic N) is 3. The first-order valence-electron chi connectivity index (χ1n) is 11.2. The molecule has 0 saturated carbocycles. The summed E-state index contributed by atoms with van der Waals surface area (Å²) in [5.74, 6) is -0.297. The van der Waals surface area contributed by atoms with Crippen molar-refractivity contribution in [3.05, 3.63) is 82.9 Å². The Balaban J connectivity index is 1.40. The van der Waals surface area contributed by atoms with Crippen LogP contribution in [0.4, 0.5) is 11.4 Å². The van der Waals surface area contributed by atoms with Crippen LogP contribution in [-0.2, 0) is 10.8 Å². The van der Waals surface area contributed by atoms with E-state index in [1.165, 1.54) is 0 Å². The monoisotopic (exact) mass is 493 g/mol. The van der Waals surface area contributed by atoms with Crippen molar-refractivity contribution in [2.75, 3.05) is 42.5 Å². The molecule has 0 bridgehead atoms. The molecule has 3 aromatic rings. The van der Waals surface area contributed by atoms with Gasteiger partial charge < -0.3 is 14.7 Å². The lowest BCUT2D eigenvalue weighted by molar-refractivity contribution is 0.0746. The third kappa shape index (κ3) is 3.99. The molecular formula is C26H24ClN3O3S. The number of halogens is 1. The summed E-state index contributed by atoms with van der Waals surface area (Å²) in [5.41, 5.74) is 2.50. The molecule has 0 aliphatic carbocycles. The van der Waals surface area contributed by atoms with Gasteiger partial charge in [-0.15, -0.1) is 0 Å². The zero-order valence-corrected chi connectivity index (χ0v) is 20.3. The van der Waals surface area contributed by atoms with Crippen molar-refractivity contribution in [2.24, 2.45) is 0 Å². The molecule has 3 aromatic carbocycles. The van der Waals surface area contributed by atoms with Crippen LogP contribution in [0, 0.1) is 0 Å². The van der Waals surface area contributed by atoms with Gasteiger partial charge in [0.05, 0.1) is 31.8 Å². The first-order valence-corrected chi connectivity index (χ1v) is 12.8. The number of amides is 2. The third-order valence-electron chi connectivity index (χ3n) is 6.32. The molecule has 5 rings (SSSR count). The van der Waals surface area contributed by atoms with Gasteiger partial charge in [0.1, 0.15) is 0 Å². The van der Waals surface area contributed by atoms with Crippen LogP contribution in [-0.4, -0.2) is 53.6 Å². The highest BCUT2D eigenvalue weighted by Crippen LogP contribution is 2.35. The number of anilines is 2. The predicted octanol–water partition coefficient (Wildman–Crippen LogP) is 4.45. The molecule has 1 atom stereocenters. The summed E-state index contributed by atoms with van der Waals surface area (Å²) < 4.78 is 13.3. The van der Waals surface area contributed by atoms with Crippen LogP contribution in [0.15, 0.2) is 76.5 Å². The van der Waals surface area contributed by atoms with Gasteiger partial charge in [-0.05, 0) is 55.5 Å². The smallest absolute Gasteiger partial charge is 0.259 e. The van der Waals surface area contributed by atoms with E-state index in [9.17, 15) is 13.8 Å². The first-order chi connectivity index (χ1) is 16.5. The number of piperazine rings is 1. The Morgan fingerprint density at radius 3 is 2.44 bits per heavy atom. The Bertz CT molecular complexity index is 1300. The number of carbonyl (C=O) groups is 2. The zero-order valence-electron chi connectivity index (χ0n) is 18.7. The van der Waals surface area contributed by atoms with Gasteiger partial charge in [0.15, 0.2) is 0 Å². The molecule has 0 spiro atoms. The van der Waals surface area contributed by atoms with Crippen LogP contribution in [0.3, 0.4) is 0 Å². The molecule has 0 unspecified atom stereocenters. The summed E-state index contributed by atoms with van der Waals surface area (Å²) in [7, 11) is -1.51. The molecule has 1 fully saturated rings. The van der Waals surface area contributed by atoms with Gasteiger partial charge in [-0.2, -0.15) is 0 Å². The minimum absolute atomic E-state index is 0.0930. The number of hydrogen-bond donors (Lipinski definition) is 0. The highest BCUT2D eigenvalue weighted by molar-refractivity contribution is 7.85. The average Bonchev–Trinajstić information content (AvgIpc) is 2.96. The zero-order chi connectivity index (χ0) is 23.8. The van der Waals surface area contributed by atoms with Crippen molar-refractivity contribution in [3.8, 4) is 0 Å². The lowest BCUT2D eigenvalue weighted by atomic mass is 10.1. The van der Waals surface area contributed by atoms with E-state index in [0.29, 0.717) is 64.4 Å². The summed E-state index contributed by atoms with van der Waals surface area (Å²) in [6, 6.07) is 19.9. The van der Waals surface area contributed by atoms with Crippen LogP contribution in [0.5, 0.6) is 0 Å². The minimum atomic E-state index is -1.51. The number of benzene rings is 3. The molecule has 8 heteroatoms. The van der Waals surface area contributed by atoms with Gasteiger partial charge in [-0.3, -0.25) is 9.59 Å². The van der Waals surface area contributed by atoms with E-state index in [-0.39, 0.29) is 11.8 Å². The lowest BCUT2D eigenvalue weighted by Gasteiger charge is -2.36. The van der Waals surface area contributed by atoms with Crippen molar-refractivity contribution in [3.63, 3.8) is 0 Å². The Morgan fingerprint density at radius 2 is 1.71 bits per heavy atom. The summed E-state index contributed by atoms with van der Waals surface area (Å²) in [5, 5.41) is 0.690. The normalized spacial score (nSPS) is 17.8. The van der Waals surface area contributed by atoms with Gasteiger partial charge in [0, 0.05) is 49.0 Å². The van der Waals surface area contributed by atoms with Gasteiger partial charge in [-0.1, -0.05) is 29.8 Å². The Hall–Kier alpha value is -3.16. The fourth-order valence-electron chi connectivity index (χ4n) is 4.53. The lowest BCUT2D eigenvalue weighted by Crippen LogP contribution is -2.48. The summed E-state index contributed by atoms with van der Waals surface area (Å²) in [4.78, 5) is 33.3. The minimum Gasteiger partial charge on any atom is -0.368 e. The highest BCUT2D eigenvalue weighted by atomic mass is 35.5. The van der Waals surface area contributed by atoms with E-state index in [1.54, 1.807) is 47.4 Å². The third-order valence-corrected chi connectivity index (χ3v) is 8.05. The standard InChI is InChI=1S/C26H24ClN3O3S/c1-2-30-22-16-18(10-11-24(22)34(33)23-9-4-3-8-21(23)26(30)32)25(31)29-14-12-28(13-15-29)20-7-5-6-19(27)17-20/h3-11,16-17H,2,12-15H2,1H3/t34-/m1/s1. The molecule has 34 heavy (non-hydrogen) atoms. The number of hydrogen-bond acceptors (Lipinski definition) is 4. The second-order valence-corrected chi connectivity index (χ2v) is 10.1. The fraction of sp³-hybridized carbons (Fsp3) is 0.231. The quantitative estimate of drug-likeness (QED) is 0.541. The van der Waals surface area contributed by atoms with Crippen LogP contribution >= 0.6 is 11.6 Å². The fourth-order valence-corrected chi connectivity index (χ4v) is 6.06. The summed E-state index contributed by atoms with van der Waals surface area (Å²) >= 11 is 6.13. The largest absolute Gasteiger partial charge is 0.368 e. The maximum Gasteiger partial charge on any atom is 0.259 e. The van der Waals surface area contributed by atoms with Crippen molar-refractivity contribution in [1.29, 1.82) is 0 Å². The molecule has 2 aliphatic heterocycles. The molecule has 0 N–H and O–H groups in total. The van der Waals surface area contributed by atoms with Gasteiger partial charge in [-0.25, -0.2) is 4.21 Å². The molecule has 174 valence electrons. The number of rotatable bonds is 3. The van der Waals surface area contributed by atoms with Crippen LogP contribution in [0.25, 0.3) is 0 Å². The van der Waals surface area contributed by atoms with Gasteiger partial charge in [0.25, 0.3) is 11.8 Å². The van der Waals surface area contributed by atoms with E-state index in [1.807, 2.05) is 36.1 Å². The van der Waals surface area contributed by atoms with Crippen LogP contribution in [0.2, 0.25) is 5.02 Å². The number of carbonyl (C=O) groups excluding carboxylic acids is 2.